The third kappa shape index (κ3) is 3.86. The summed E-state index contributed by atoms with van der Waals surface area (Å²) in [5, 5.41) is 3.16. The van der Waals surface area contributed by atoms with Crippen LogP contribution in [0.1, 0.15) is 34.3 Å². The van der Waals surface area contributed by atoms with E-state index in [1.807, 2.05) is 12.1 Å². The van der Waals surface area contributed by atoms with Crippen LogP contribution in [-0.2, 0) is 13.0 Å². The molecule has 2 aromatic rings. The monoisotopic (exact) mass is 433 g/mol. The molecule has 168 valence electrons. The summed E-state index contributed by atoms with van der Waals surface area (Å²) in [5.41, 5.74) is 3.66. The molecule has 6 nitrogen and oxygen atoms in total. The maximum atomic E-state index is 12.7. The van der Waals surface area contributed by atoms with Crippen LogP contribution in [0.3, 0.4) is 0 Å². The quantitative estimate of drug-likeness (QED) is 0.786. The van der Waals surface area contributed by atoms with E-state index in [9.17, 15) is 4.79 Å². The lowest BCUT2D eigenvalue weighted by Gasteiger charge is -2.51. The van der Waals surface area contributed by atoms with Crippen LogP contribution < -0.4 is 14.8 Å². The predicted molar refractivity (Wildman–Crippen MR) is 122 cm³/mol. The van der Waals surface area contributed by atoms with Gasteiger partial charge in [-0.1, -0.05) is 24.3 Å². The summed E-state index contributed by atoms with van der Waals surface area (Å²) in [6.07, 6.45) is 3.66. The Morgan fingerprint density at radius 1 is 1.06 bits per heavy atom. The SMILES string of the molecule is O=C(NCC1CC2CCN1CC2CN1CCc2ccccc2C1)c1ccc2c(c1)OCO2. The maximum absolute atomic E-state index is 12.7. The molecule has 4 unspecified atom stereocenters. The Labute approximate surface area is 189 Å². The molecule has 1 N–H and O–H groups in total. The number of benzene rings is 2. The first-order valence-electron chi connectivity index (χ1n) is 11.9. The van der Waals surface area contributed by atoms with E-state index >= 15 is 0 Å². The summed E-state index contributed by atoms with van der Waals surface area (Å²) < 4.78 is 10.7. The molecule has 32 heavy (non-hydrogen) atoms. The molecule has 0 radical (unpaired) electrons. The van der Waals surface area contributed by atoms with E-state index in [0.29, 0.717) is 29.6 Å². The van der Waals surface area contributed by atoms with E-state index in [0.717, 1.165) is 31.5 Å². The lowest BCUT2D eigenvalue weighted by molar-refractivity contribution is -0.0130. The normalized spacial score (nSPS) is 28.4. The standard InChI is InChI=1S/C26H31N3O3/c30-26(20-5-6-24-25(12-20)32-17-31-24)27-13-23-11-19-8-10-29(23)16-22(19)15-28-9-7-18-3-1-2-4-21(18)14-28/h1-6,12,19,22-23H,7-11,13-17H2,(H,27,30). The highest BCUT2D eigenvalue weighted by Gasteiger charge is 2.40. The topological polar surface area (TPSA) is 54.0 Å². The van der Waals surface area contributed by atoms with Crippen molar-refractivity contribution >= 4 is 5.91 Å². The highest BCUT2D eigenvalue weighted by molar-refractivity contribution is 5.94. The van der Waals surface area contributed by atoms with E-state index in [4.69, 9.17) is 9.47 Å². The molecule has 6 heteroatoms. The molecule has 0 aliphatic carbocycles. The molecule has 0 spiro atoms. The molecule has 1 amide bonds. The lowest BCUT2D eigenvalue weighted by atomic mass is 9.75. The van der Waals surface area contributed by atoms with Crippen LogP contribution in [-0.4, -0.2) is 61.3 Å². The van der Waals surface area contributed by atoms with Gasteiger partial charge in [-0.25, -0.2) is 0 Å². The average Bonchev–Trinajstić information content (AvgIpc) is 3.31. The fourth-order valence-corrected chi connectivity index (χ4v) is 6.06. The average molecular weight is 434 g/mol. The molecule has 5 aliphatic rings. The number of ether oxygens (including phenoxy) is 2. The fraction of sp³-hybridized carbons (Fsp3) is 0.500. The number of piperidine rings is 3. The number of nitrogens with zero attached hydrogens (tertiary/aromatic N) is 2. The van der Waals surface area contributed by atoms with Crippen molar-refractivity contribution in [1.82, 2.24) is 15.1 Å². The minimum absolute atomic E-state index is 0.0329. The molecule has 5 heterocycles. The number of amides is 1. The zero-order valence-electron chi connectivity index (χ0n) is 18.5. The third-order valence-corrected chi connectivity index (χ3v) is 7.85. The van der Waals surface area contributed by atoms with Crippen molar-refractivity contribution in [3.63, 3.8) is 0 Å². The van der Waals surface area contributed by atoms with Gasteiger partial charge in [0, 0.05) is 44.3 Å². The van der Waals surface area contributed by atoms with Crippen molar-refractivity contribution in [3.05, 3.63) is 59.2 Å². The molecular weight excluding hydrogens is 402 g/mol. The van der Waals surface area contributed by atoms with E-state index in [2.05, 4.69) is 39.4 Å². The molecule has 5 aliphatic heterocycles. The molecule has 0 saturated carbocycles. The Kier molecular flexibility index (Phi) is 5.27. The van der Waals surface area contributed by atoms with Crippen molar-refractivity contribution in [2.24, 2.45) is 11.8 Å². The van der Waals surface area contributed by atoms with Crippen LogP contribution in [0.2, 0.25) is 0 Å². The van der Waals surface area contributed by atoms with Crippen LogP contribution in [0, 0.1) is 11.8 Å². The Hall–Kier alpha value is -2.57. The lowest BCUT2D eigenvalue weighted by Crippen LogP contribution is -2.58. The Morgan fingerprint density at radius 3 is 2.81 bits per heavy atom. The summed E-state index contributed by atoms with van der Waals surface area (Å²) in [6, 6.07) is 14.7. The number of hydrogen-bond acceptors (Lipinski definition) is 5. The van der Waals surface area contributed by atoms with Crippen LogP contribution >= 0.6 is 0 Å². The zero-order chi connectivity index (χ0) is 21.5. The van der Waals surface area contributed by atoms with Gasteiger partial charge in [-0.15, -0.1) is 0 Å². The van der Waals surface area contributed by atoms with Crippen molar-refractivity contribution in [1.29, 1.82) is 0 Å². The van der Waals surface area contributed by atoms with Gasteiger partial charge in [-0.2, -0.15) is 0 Å². The second-order valence-corrected chi connectivity index (χ2v) is 9.73. The van der Waals surface area contributed by atoms with Gasteiger partial charge in [0.1, 0.15) is 0 Å². The van der Waals surface area contributed by atoms with E-state index in [-0.39, 0.29) is 12.7 Å². The summed E-state index contributed by atoms with van der Waals surface area (Å²) in [5.74, 6) is 2.84. The molecule has 0 aromatic heterocycles. The number of rotatable bonds is 5. The first-order chi connectivity index (χ1) is 15.7. The van der Waals surface area contributed by atoms with Crippen molar-refractivity contribution < 1.29 is 14.3 Å². The number of carbonyl (C=O) groups is 1. The van der Waals surface area contributed by atoms with Gasteiger partial charge >= 0.3 is 0 Å². The summed E-state index contributed by atoms with van der Waals surface area (Å²) in [6.45, 7) is 6.73. The smallest absolute Gasteiger partial charge is 0.251 e. The minimum atomic E-state index is -0.0329. The van der Waals surface area contributed by atoms with Gasteiger partial charge in [-0.05, 0) is 67.0 Å². The van der Waals surface area contributed by atoms with Gasteiger partial charge in [-0.3, -0.25) is 14.6 Å². The second kappa shape index (κ2) is 8.41. The predicted octanol–water partition coefficient (Wildman–Crippen LogP) is 2.91. The van der Waals surface area contributed by atoms with E-state index < -0.39 is 0 Å². The zero-order valence-corrected chi connectivity index (χ0v) is 18.5. The molecule has 2 aromatic carbocycles. The number of hydrogen-bond donors (Lipinski definition) is 1. The van der Waals surface area contributed by atoms with Crippen molar-refractivity contribution in [2.75, 3.05) is 39.5 Å². The van der Waals surface area contributed by atoms with E-state index in [1.165, 1.54) is 43.5 Å². The largest absolute Gasteiger partial charge is 0.454 e. The molecule has 3 fully saturated rings. The van der Waals surface area contributed by atoms with Crippen molar-refractivity contribution in [3.8, 4) is 11.5 Å². The first-order valence-corrected chi connectivity index (χ1v) is 11.9. The number of nitrogens with one attached hydrogen (secondary N) is 1. The molecular formula is C26H31N3O3. The molecule has 3 saturated heterocycles. The van der Waals surface area contributed by atoms with Gasteiger partial charge in [0.05, 0.1) is 0 Å². The summed E-state index contributed by atoms with van der Waals surface area (Å²) in [4.78, 5) is 18.0. The summed E-state index contributed by atoms with van der Waals surface area (Å²) in [7, 11) is 0. The van der Waals surface area contributed by atoms with Crippen LogP contribution in [0.5, 0.6) is 11.5 Å². The highest BCUT2D eigenvalue weighted by atomic mass is 16.7. The minimum Gasteiger partial charge on any atom is -0.454 e. The Balaban J connectivity index is 1.03. The third-order valence-electron chi connectivity index (χ3n) is 7.85. The van der Waals surface area contributed by atoms with Gasteiger partial charge in [0.25, 0.3) is 5.91 Å². The van der Waals surface area contributed by atoms with Crippen molar-refractivity contribution in [2.45, 2.75) is 31.8 Å². The summed E-state index contributed by atoms with van der Waals surface area (Å²) >= 11 is 0. The fourth-order valence-electron chi connectivity index (χ4n) is 6.06. The maximum Gasteiger partial charge on any atom is 0.251 e. The van der Waals surface area contributed by atoms with Crippen LogP contribution in [0.15, 0.2) is 42.5 Å². The Bertz CT molecular complexity index is 1010. The first kappa shape index (κ1) is 20.1. The number of fused-ring (bicyclic) bond motifs is 5. The number of carbonyl (C=O) groups excluding carboxylic acids is 1. The van der Waals surface area contributed by atoms with E-state index in [1.54, 1.807) is 6.07 Å². The van der Waals surface area contributed by atoms with Gasteiger partial charge in [0.15, 0.2) is 11.5 Å². The highest BCUT2D eigenvalue weighted by Crippen LogP contribution is 2.37. The van der Waals surface area contributed by atoms with Crippen LogP contribution in [0.25, 0.3) is 0 Å². The molecule has 2 bridgehead atoms. The Morgan fingerprint density at radius 2 is 1.94 bits per heavy atom. The second-order valence-electron chi connectivity index (χ2n) is 9.73. The van der Waals surface area contributed by atoms with Crippen LogP contribution in [0.4, 0.5) is 0 Å². The molecule has 4 atom stereocenters. The van der Waals surface area contributed by atoms with Gasteiger partial charge in [0.2, 0.25) is 6.79 Å². The molecule has 7 rings (SSSR count). The van der Waals surface area contributed by atoms with Gasteiger partial charge < -0.3 is 14.8 Å².